The van der Waals surface area contributed by atoms with E-state index >= 15 is 0 Å². The average Bonchev–Trinajstić information content (AvgIpc) is 3.67. The number of hydrogen-bond acceptors (Lipinski definition) is 6. The van der Waals surface area contributed by atoms with Crippen LogP contribution in [-0.2, 0) is 11.2 Å². The van der Waals surface area contributed by atoms with E-state index in [1.807, 2.05) is 46.7 Å². The number of benzene rings is 1. The molecule has 1 aliphatic carbocycles. The van der Waals surface area contributed by atoms with Crippen LogP contribution < -0.4 is 10.5 Å². The standard InChI is InChI=1S/C26H32N6O2/c1-17(2)25-27-18(3)16-23(29-25)30-12-14-31(15-13-30)24(33)11-10-22-28-21-7-5-4-6-20(21)26(34)32(22)19-8-9-19/h4-7,16-17,19H,8-15H2,1-3H3. The van der Waals surface area contributed by atoms with Gasteiger partial charge >= 0.3 is 0 Å². The Kier molecular flexibility index (Phi) is 6.06. The van der Waals surface area contributed by atoms with E-state index in [-0.39, 0.29) is 23.4 Å². The second-order valence-corrected chi connectivity index (χ2v) is 9.70. The number of rotatable bonds is 6. The molecule has 0 unspecified atom stereocenters. The topological polar surface area (TPSA) is 84.2 Å². The Labute approximate surface area is 199 Å². The van der Waals surface area contributed by atoms with Gasteiger partial charge in [0.1, 0.15) is 17.5 Å². The van der Waals surface area contributed by atoms with Crippen molar-refractivity contribution in [2.45, 2.75) is 58.4 Å². The maximum Gasteiger partial charge on any atom is 0.261 e. The van der Waals surface area contributed by atoms with E-state index in [2.05, 4.69) is 23.7 Å². The third-order valence-corrected chi connectivity index (χ3v) is 6.69. The normalized spacial score (nSPS) is 16.5. The van der Waals surface area contributed by atoms with Crippen molar-refractivity contribution < 1.29 is 4.79 Å². The molecule has 0 bridgehead atoms. The molecule has 1 aromatic carbocycles. The largest absolute Gasteiger partial charge is 0.353 e. The lowest BCUT2D eigenvalue weighted by atomic mass is 10.2. The Balaban J connectivity index is 1.24. The number of piperazine rings is 1. The zero-order chi connectivity index (χ0) is 23.8. The number of carbonyl (C=O) groups excluding carboxylic acids is 1. The molecule has 1 saturated heterocycles. The summed E-state index contributed by atoms with van der Waals surface area (Å²) in [6.45, 7) is 9.03. The van der Waals surface area contributed by atoms with E-state index in [1.165, 1.54) is 0 Å². The van der Waals surface area contributed by atoms with Crippen molar-refractivity contribution in [1.82, 2.24) is 24.4 Å². The Morgan fingerprint density at radius 2 is 1.79 bits per heavy atom. The molecule has 34 heavy (non-hydrogen) atoms. The lowest BCUT2D eigenvalue weighted by Crippen LogP contribution is -2.49. The summed E-state index contributed by atoms with van der Waals surface area (Å²) < 4.78 is 1.83. The first-order valence-corrected chi connectivity index (χ1v) is 12.3. The Morgan fingerprint density at radius 3 is 2.50 bits per heavy atom. The van der Waals surface area contributed by atoms with Crippen LogP contribution in [0.2, 0.25) is 0 Å². The first kappa shape index (κ1) is 22.5. The maximum absolute atomic E-state index is 13.0. The molecule has 8 nitrogen and oxygen atoms in total. The first-order chi connectivity index (χ1) is 16.4. The summed E-state index contributed by atoms with van der Waals surface area (Å²) in [6, 6.07) is 9.72. The predicted octanol–water partition coefficient (Wildman–Crippen LogP) is 3.23. The lowest BCUT2D eigenvalue weighted by molar-refractivity contribution is -0.131. The summed E-state index contributed by atoms with van der Waals surface area (Å²) >= 11 is 0. The lowest BCUT2D eigenvalue weighted by Gasteiger charge is -2.35. The van der Waals surface area contributed by atoms with E-state index in [1.54, 1.807) is 0 Å². The van der Waals surface area contributed by atoms with Crippen molar-refractivity contribution in [3.05, 3.63) is 58.0 Å². The number of fused-ring (bicyclic) bond motifs is 1. The average molecular weight is 461 g/mol. The fourth-order valence-corrected chi connectivity index (χ4v) is 4.63. The van der Waals surface area contributed by atoms with Crippen LogP contribution in [0.5, 0.6) is 0 Å². The van der Waals surface area contributed by atoms with Gasteiger partial charge in [-0.3, -0.25) is 14.2 Å². The monoisotopic (exact) mass is 460 g/mol. The van der Waals surface area contributed by atoms with Crippen LogP contribution in [0.3, 0.4) is 0 Å². The van der Waals surface area contributed by atoms with Crippen LogP contribution in [0, 0.1) is 6.92 Å². The molecule has 2 aromatic heterocycles. The molecular weight excluding hydrogens is 428 g/mol. The van der Waals surface area contributed by atoms with Crippen molar-refractivity contribution in [3.8, 4) is 0 Å². The molecule has 0 radical (unpaired) electrons. The quantitative estimate of drug-likeness (QED) is 0.562. The van der Waals surface area contributed by atoms with Gasteiger partial charge in [0.2, 0.25) is 5.91 Å². The van der Waals surface area contributed by atoms with Crippen LogP contribution >= 0.6 is 0 Å². The predicted molar refractivity (Wildman–Crippen MR) is 132 cm³/mol. The molecule has 0 spiro atoms. The molecule has 2 aliphatic rings. The van der Waals surface area contributed by atoms with Crippen molar-refractivity contribution in [3.63, 3.8) is 0 Å². The molecule has 3 heterocycles. The zero-order valence-corrected chi connectivity index (χ0v) is 20.2. The van der Waals surface area contributed by atoms with Crippen LogP contribution in [0.25, 0.3) is 10.9 Å². The number of para-hydroxylation sites is 1. The highest BCUT2D eigenvalue weighted by molar-refractivity contribution is 5.78. The van der Waals surface area contributed by atoms with E-state index in [0.717, 1.165) is 49.1 Å². The van der Waals surface area contributed by atoms with E-state index in [0.29, 0.717) is 36.8 Å². The number of anilines is 1. The summed E-state index contributed by atoms with van der Waals surface area (Å²) in [5.74, 6) is 2.93. The number of hydrogen-bond donors (Lipinski definition) is 0. The van der Waals surface area contributed by atoms with Crippen LogP contribution in [-0.4, -0.2) is 56.5 Å². The molecule has 3 aromatic rings. The Morgan fingerprint density at radius 1 is 1.06 bits per heavy atom. The van der Waals surface area contributed by atoms with Gasteiger partial charge in [-0.1, -0.05) is 26.0 Å². The smallest absolute Gasteiger partial charge is 0.261 e. The maximum atomic E-state index is 13.0. The highest BCUT2D eigenvalue weighted by Gasteiger charge is 2.29. The van der Waals surface area contributed by atoms with E-state index < -0.39 is 0 Å². The van der Waals surface area contributed by atoms with Gasteiger partial charge in [-0.05, 0) is 31.9 Å². The third kappa shape index (κ3) is 4.54. The van der Waals surface area contributed by atoms with Crippen molar-refractivity contribution >= 4 is 22.6 Å². The molecule has 1 aliphatic heterocycles. The van der Waals surface area contributed by atoms with Crippen molar-refractivity contribution in [1.29, 1.82) is 0 Å². The van der Waals surface area contributed by atoms with Gasteiger partial charge in [0, 0.05) is 62.7 Å². The molecular formula is C26H32N6O2. The van der Waals surface area contributed by atoms with Gasteiger partial charge in [0.25, 0.3) is 5.56 Å². The number of aromatic nitrogens is 4. The van der Waals surface area contributed by atoms with Gasteiger partial charge < -0.3 is 9.80 Å². The number of aryl methyl sites for hydroxylation is 2. The highest BCUT2D eigenvalue weighted by atomic mass is 16.2. The number of nitrogens with zero attached hydrogens (tertiary/aromatic N) is 6. The van der Waals surface area contributed by atoms with E-state index in [9.17, 15) is 9.59 Å². The van der Waals surface area contributed by atoms with Crippen LogP contribution in [0.15, 0.2) is 35.1 Å². The van der Waals surface area contributed by atoms with Gasteiger partial charge in [0.05, 0.1) is 10.9 Å². The SMILES string of the molecule is Cc1cc(N2CCN(C(=O)CCc3nc4ccccc4c(=O)n3C3CC3)CC2)nc(C(C)C)n1. The summed E-state index contributed by atoms with van der Waals surface area (Å²) in [5.41, 5.74) is 1.70. The number of amides is 1. The van der Waals surface area contributed by atoms with Gasteiger partial charge in [-0.2, -0.15) is 0 Å². The third-order valence-electron chi connectivity index (χ3n) is 6.69. The minimum atomic E-state index is 0.0186. The first-order valence-electron chi connectivity index (χ1n) is 12.3. The van der Waals surface area contributed by atoms with Crippen molar-refractivity contribution in [2.24, 2.45) is 0 Å². The summed E-state index contributed by atoms with van der Waals surface area (Å²) in [7, 11) is 0. The molecule has 1 amide bonds. The second-order valence-electron chi connectivity index (χ2n) is 9.70. The molecule has 8 heteroatoms. The zero-order valence-electron chi connectivity index (χ0n) is 20.2. The number of carbonyl (C=O) groups is 1. The van der Waals surface area contributed by atoms with Gasteiger partial charge in [0.15, 0.2) is 0 Å². The minimum Gasteiger partial charge on any atom is -0.353 e. The molecule has 178 valence electrons. The molecule has 2 fully saturated rings. The fraction of sp³-hybridized carbons (Fsp3) is 0.500. The molecule has 1 saturated carbocycles. The summed E-state index contributed by atoms with van der Waals surface area (Å²) in [5, 5.41) is 0.654. The highest BCUT2D eigenvalue weighted by Crippen LogP contribution is 2.35. The molecule has 0 N–H and O–H groups in total. The minimum absolute atomic E-state index is 0.0186. The summed E-state index contributed by atoms with van der Waals surface area (Å²) in [6.07, 6.45) is 2.85. The summed E-state index contributed by atoms with van der Waals surface area (Å²) in [4.78, 5) is 44.3. The van der Waals surface area contributed by atoms with Crippen LogP contribution in [0.1, 0.15) is 62.4 Å². The molecule has 0 atom stereocenters. The molecule has 5 rings (SSSR count). The van der Waals surface area contributed by atoms with Gasteiger partial charge in [-0.25, -0.2) is 15.0 Å². The second kappa shape index (κ2) is 9.16. The van der Waals surface area contributed by atoms with Crippen molar-refractivity contribution in [2.75, 3.05) is 31.1 Å². The van der Waals surface area contributed by atoms with Crippen LogP contribution in [0.4, 0.5) is 5.82 Å². The van der Waals surface area contributed by atoms with E-state index in [4.69, 9.17) is 9.97 Å². The van der Waals surface area contributed by atoms with Gasteiger partial charge in [-0.15, -0.1) is 0 Å². The Bertz CT molecular complexity index is 1270. The Hall–Kier alpha value is -3.29. The fourth-order valence-electron chi connectivity index (χ4n) is 4.63.